The van der Waals surface area contributed by atoms with Crippen molar-refractivity contribution in [3.05, 3.63) is 21.9 Å². The monoisotopic (exact) mass is 305 g/mol. The SMILES string of the molecule is COc1cnc(C(F)(F)F)c(C(F)F)c1Br. The zero-order chi connectivity index (χ0) is 12.5. The summed E-state index contributed by atoms with van der Waals surface area (Å²) in [5, 5.41) is 0. The van der Waals surface area contributed by atoms with Gasteiger partial charge in [0.25, 0.3) is 6.43 Å². The molecule has 0 unspecified atom stereocenters. The smallest absolute Gasteiger partial charge is 0.433 e. The summed E-state index contributed by atoms with van der Waals surface area (Å²) in [7, 11) is 1.14. The molecule has 0 aliphatic heterocycles. The number of rotatable bonds is 2. The Labute approximate surface area is 95.6 Å². The first-order valence-corrected chi connectivity index (χ1v) is 4.66. The molecule has 0 N–H and O–H groups in total. The second kappa shape index (κ2) is 4.52. The van der Waals surface area contributed by atoms with Crippen molar-refractivity contribution < 1.29 is 26.7 Å². The van der Waals surface area contributed by atoms with Gasteiger partial charge in [-0.3, -0.25) is 0 Å². The lowest BCUT2D eigenvalue weighted by atomic mass is 10.2. The molecule has 0 aromatic carbocycles. The third kappa shape index (κ3) is 2.42. The van der Waals surface area contributed by atoms with Crippen molar-refractivity contribution in [2.75, 3.05) is 7.11 Å². The molecule has 0 amide bonds. The lowest BCUT2D eigenvalue weighted by molar-refractivity contribution is -0.143. The maximum absolute atomic E-state index is 12.5. The summed E-state index contributed by atoms with van der Waals surface area (Å²) < 4.78 is 66.3. The van der Waals surface area contributed by atoms with Crippen molar-refractivity contribution in [3.63, 3.8) is 0 Å². The van der Waals surface area contributed by atoms with Gasteiger partial charge in [-0.25, -0.2) is 13.8 Å². The molecule has 0 spiro atoms. The minimum atomic E-state index is -4.93. The van der Waals surface area contributed by atoms with Crippen LogP contribution in [0.3, 0.4) is 0 Å². The van der Waals surface area contributed by atoms with E-state index >= 15 is 0 Å². The van der Waals surface area contributed by atoms with Gasteiger partial charge in [-0.05, 0) is 15.9 Å². The van der Waals surface area contributed by atoms with Crippen molar-refractivity contribution in [1.29, 1.82) is 0 Å². The summed E-state index contributed by atoms with van der Waals surface area (Å²) in [5.41, 5.74) is -2.83. The molecule has 0 saturated heterocycles. The maximum atomic E-state index is 12.5. The van der Waals surface area contributed by atoms with Crippen molar-refractivity contribution in [2.24, 2.45) is 0 Å². The standard InChI is InChI=1S/C8H5BrF5NO/c1-16-3-2-15-6(8(12,13)14)4(5(3)9)7(10)11/h2,7H,1H3. The topological polar surface area (TPSA) is 22.1 Å². The summed E-state index contributed by atoms with van der Waals surface area (Å²) in [6.45, 7) is 0. The first-order chi connectivity index (χ1) is 7.29. The molecule has 1 rings (SSSR count). The second-order valence-corrected chi connectivity index (χ2v) is 3.49. The van der Waals surface area contributed by atoms with E-state index in [4.69, 9.17) is 0 Å². The summed E-state index contributed by atoms with van der Waals surface area (Å²) in [5.74, 6) is -0.178. The van der Waals surface area contributed by atoms with E-state index in [1.165, 1.54) is 0 Å². The molecule has 0 aliphatic carbocycles. The third-order valence-corrected chi connectivity index (χ3v) is 2.54. The van der Waals surface area contributed by atoms with E-state index in [1.54, 1.807) is 0 Å². The molecule has 0 fully saturated rings. The fourth-order valence-electron chi connectivity index (χ4n) is 1.05. The van der Waals surface area contributed by atoms with Crippen LogP contribution in [0, 0.1) is 0 Å². The van der Waals surface area contributed by atoms with E-state index in [0.717, 1.165) is 13.3 Å². The number of halogens is 6. The third-order valence-electron chi connectivity index (χ3n) is 1.73. The number of nitrogens with zero attached hydrogens (tertiary/aromatic N) is 1. The van der Waals surface area contributed by atoms with Crippen LogP contribution < -0.4 is 4.74 Å². The Hall–Kier alpha value is -0.920. The minimum absolute atomic E-state index is 0.178. The molecule has 16 heavy (non-hydrogen) atoms. The van der Waals surface area contributed by atoms with Gasteiger partial charge in [0, 0.05) is 0 Å². The number of hydrogen-bond donors (Lipinski definition) is 0. The zero-order valence-electron chi connectivity index (χ0n) is 7.78. The van der Waals surface area contributed by atoms with Crippen LogP contribution >= 0.6 is 15.9 Å². The van der Waals surface area contributed by atoms with Crippen LogP contribution in [0.5, 0.6) is 5.75 Å². The molecule has 0 radical (unpaired) electrons. The van der Waals surface area contributed by atoms with E-state index in [2.05, 4.69) is 25.7 Å². The van der Waals surface area contributed by atoms with Gasteiger partial charge in [-0.1, -0.05) is 0 Å². The Balaban J connectivity index is 3.47. The van der Waals surface area contributed by atoms with Gasteiger partial charge >= 0.3 is 6.18 Å². The minimum Gasteiger partial charge on any atom is -0.494 e. The molecule has 1 aromatic rings. The van der Waals surface area contributed by atoms with Crippen LogP contribution in [-0.4, -0.2) is 12.1 Å². The van der Waals surface area contributed by atoms with Gasteiger partial charge in [-0.15, -0.1) is 0 Å². The Morgan fingerprint density at radius 2 is 1.94 bits per heavy atom. The van der Waals surface area contributed by atoms with E-state index < -0.39 is 28.3 Å². The van der Waals surface area contributed by atoms with Crippen LogP contribution in [0.4, 0.5) is 22.0 Å². The van der Waals surface area contributed by atoms with Crippen LogP contribution in [0.1, 0.15) is 17.7 Å². The highest BCUT2D eigenvalue weighted by Crippen LogP contribution is 2.41. The molecule has 90 valence electrons. The zero-order valence-corrected chi connectivity index (χ0v) is 9.36. The average molecular weight is 306 g/mol. The number of aromatic nitrogens is 1. The fraction of sp³-hybridized carbons (Fsp3) is 0.375. The van der Waals surface area contributed by atoms with Gasteiger partial charge in [0.15, 0.2) is 11.4 Å². The summed E-state index contributed by atoms with van der Waals surface area (Å²) in [6.07, 6.45) is -7.49. The average Bonchev–Trinajstić information content (AvgIpc) is 2.15. The fourth-order valence-corrected chi connectivity index (χ4v) is 1.68. The molecule has 0 saturated carbocycles. The van der Waals surface area contributed by atoms with E-state index in [0.29, 0.717) is 0 Å². The Morgan fingerprint density at radius 1 is 1.38 bits per heavy atom. The van der Waals surface area contributed by atoms with Gasteiger partial charge in [0.05, 0.1) is 23.3 Å². The molecule has 0 bridgehead atoms. The number of hydrogen-bond acceptors (Lipinski definition) is 2. The number of methoxy groups -OCH3 is 1. The van der Waals surface area contributed by atoms with Crippen LogP contribution in [0.2, 0.25) is 0 Å². The van der Waals surface area contributed by atoms with E-state index in [-0.39, 0.29) is 5.75 Å². The normalized spacial score (nSPS) is 12.0. The molecule has 0 aliphatic rings. The highest BCUT2D eigenvalue weighted by atomic mass is 79.9. The van der Waals surface area contributed by atoms with Crippen molar-refractivity contribution >= 4 is 15.9 Å². The molecule has 0 atom stereocenters. The molecular weight excluding hydrogens is 301 g/mol. The highest BCUT2D eigenvalue weighted by Gasteiger charge is 2.39. The van der Waals surface area contributed by atoms with E-state index in [9.17, 15) is 22.0 Å². The number of ether oxygens (including phenoxy) is 1. The Morgan fingerprint density at radius 3 is 2.31 bits per heavy atom. The predicted molar refractivity (Wildman–Crippen MR) is 48.4 cm³/mol. The predicted octanol–water partition coefficient (Wildman–Crippen LogP) is 3.81. The lowest BCUT2D eigenvalue weighted by Gasteiger charge is -2.14. The van der Waals surface area contributed by atoms with Gasteiger partial charge < -0.3 is 4.74 Å². The van der Waals surface area contributed by atoms with Crippen LogP contribution in [0.25, 0.3) is 0 Å². The van der Waals surface area contributed by atoms with Crippen molar-refractivity contribution in [1.82, 2.24) is 4.98 Å². The molecule has 1 aromatic heterocycles. The summed E-state index contributed by atoms with van der Waals surface area (Å²) >= 11 is 2.64. The van der Waals surface area contributed by atoms with Crippen molar-refractivity contribution in [3.8, 4) is 5.75 Å². The van der Waals surface area contributed by atoms with Gasteiger partial charge in [-0.2, -0.15) is 13.2 Å². The molecule has 1 heterocycles. The Kier molecular flexibility index (Phi) is 3.72. The summed E-state index contributed by atoms with van der Waals surface area (Å²) in [4.78, 5) is 2.94. The molecule has 8 heteroatoms. The van der Waals surface area contributed by atoms with Gasteiger partial charge in [0.2, 0.25) is 0 Å². The second-order valence-electron chi connectivity index (χ2n) is 2.70. The first kappa shape index (κ1) is 13.1. The van der Waals surface area contributed by atoms with E-state index in [1.807, 2.05) is 0 Å². The lowest BCUT2D eigenvalue weighted by Crippen LogP contribution is -2.13. The summed E-state index contributed by atoms with van der Waals surface area (Å²) in [6, 6.07) is 0. The highest BCUT2D eigenvalue weighted by molar-refractivity contribution is 9.10. The Bertz CT molecular complexity index is 393. The van der Waals surface area contributed by atoms with Crippen LogP contribution in [0.15, 0.2) is 10.7 Å². The van der Waals surface area contributed by atoms with Gasteiger partial charge in [0.1, 0.15) is 0 Å². The van der Waals surface area contributed by atoms with Crippen LogP contribution in [-0.2, 0) is 6.18 Å². The maximum Gasteiger partial charge on any atom is 0.433 e. The largest absolute Gasteiger partial charge is 0.494 e. The molecular formula is C8H5BrF5NO. The van der Waals surface area contributed by atoms with Crippen molar-refractivity contribution in [2.45, 2.75) is 12.6 Å². The molecule has 2 nitrogen and oxygen atoms in total. The number of alkyl halides is 5. The first-order valence-electron chi connectivity index (χ1n) is 3.86. The quantitative estimate of drug-likeness (QED) is 0.775. The number of pyridine rings is 1.